The fourth-order valence-corrected chi connectivity index (χ4v) is 0.617. The maximum absolute atomic E-state index is 10.2. The molecule has 4 nitrogen and oxygen atoms in total. The molecule has 0 spiro atoms. The summed E-state index contributed by atoms with van der Waals surface area (Å²) < 4.78 is 0.672. The fraction of sp³-hybridized carbons (Fsp3) is 0.400. The Morgan fingerprint density at radius 3 is 2.50 bits per heavy atom. The molecule has 0 fully saturated rings. The van der Waals surface area contributed by atoms with Gasteiger partial charge in [-0.1, -0.05) is 15.9 Å². The average Bonchev–Trinajstić information content (AvgIpc) is 1.81. The van der Waals surface area contributed by atoms with Crippen LogP contribution in [0.25, 0.3) is 0 Å². The van der Waals surface area contributed by atoms with E-state index >= 15 is 0 Å². The van der Waals surface area contributed by atoms with Gasteiger partial charge in [0.2, 0.25) is 0 Å². The Morgan fingerprint density at radius 2 is 2.40 bits per heavy atom. The normalized spacial score (nSPS) is 14.9. The van der Waals surface area contributed by atoms with Gasteiger partial charge in [-0.2, -0.15) is 0 Å². The second-order valence-corrected chi connectivity index (χ2v) is 2.90. The van der Waals surface area contributed by atoms with Crippen molar-refractivity contribution >= 4 is 21.9 Å². The lowest BCUT2D eigenvalue weighted by atomic mass is 10.3. The van der Waals surface area contributed by atoms with Gasteiger partial charge in [0.05, 0.1) is 0 Å². The summed E-state index contributed by atoms with van der Waals surface area (Å²) in [7, 11) is 0. The Balaban J connectivity index is 4.09. The van der Waals surface area contributed by atoms with Gasteiger partial charge in [-0.05, 0) is 17.5 Å². The number of hydrogen-bond donors (Lipinski definition) is 2. The van der Waals surface area contributed by atoms with Gasteiger partial charge in [0, 0.05) is 0 Å². The van der Waals surface area contributed by atoms with Gasteiger partial charge in [-0.3, -0.25) is 4.84 Å². The third-order valence-electron chi connectivity index (χ3n) is 0.771. The molecule has 3 N–H and O–H groups in total. The zero-order valence-corrected chi connectivity index (χ0v) is 6.96. The van der Waals surface area contributed by atoms with Crippen LogP contribution in [-0.4, -0.2) is 17.2 Å². The molecule has 0 saturated carbocycles. The van der Waals surface area contributed by atoms with E-state index in [1.807, 2.05) is 0 Å². The van der Waals surface area contributed by atoms with E-state index in [0.717, 1.165) is 0 Å². The highest BCUT2D eigenvalue weighted by atomic mass is 79.9. The summed E-state index contributed by atoms with van der Waals surface area (Å²) >= 11 is 3.05. The van der Waals surface area contributed by atoms with E-state index in [1.165, 1.54) is 6.08 Å². The zero-order chi connectivity index (χ0) is 8.15. The molecular weight excluding hydrogens is 202 g/mol. The van der Waals surface area contributed by atoms with Gasteiger partial charge in [-0.25, -0.2) is 10.7 Å². The summed E-state index contributed by atoms with van der Waals surface area (Å²) in [4.78, 5) is 14.3. The van der Waals surface area contributed by atoms with Crippen LogP contribution in [0.5, 0.6) is 0 Å². The average molecular weight is 210 g/mol. The van der Waals surface area contributed by atoms with Crippen LogP contribution >= 0.6 is 15.9 Å². The van der Waals surface area contributed by atoms with Crippen molar-refractivity contribution in [2.45, 2.75) is 13.0 Å². The van der Waals surface area contributed by atoms with Crippen molar-refractivity contribution in [1.82, 2.24) is 0 Å². The molecule has 0 aromatic carbocycles. The van der Waals surface area contributed by atoms with E-state index in [-0.39, 0.29) is 0 Å². The molecular formula is C5H8BrNO3. The van der Waals surface area contributed by atoms with Gasteiger partial charge in [0.1, 0.15) is 0 Å². The molecule has 10 heavy (non-hydrogen) atoms. The molecule has 0 aliphatic rings. The van der Waals surface area contributed by atoms with Crippen molar-refractivity contribution in [3.63, 3.8) is 0 Å². The zero-order valence-electron chi connectivity index (χ0n) is 5.37. The maximum Gasteiger partial charge on any atom is 0.339 e. The van der Waals surface area contributed by atoms with Crippen LogP contribution in [0.1, 0.15) is 6.92 Å². The standard InChI is InChI=1S/C5H8BrNO3/c1-3(6)2-4(10-7)5(8)9/h2,4H,7H2,1H3,(H,8,9)/b3-2+. The molecule has 0 aliphatic carbocycles. The number of carbonyl (C=O) groups is 1. The molecule has 0 saturated heterocycles. The van der Waals surface area contributed by atoms with Crippen LogP contribution in [0.4, 0.5) is 0 Å². The lowest BCUT2D eigenvalue weighted by Gasteiger charge is -2.02. The Hall–Kier alpha value is -0.390. The van der Waals surface area contributed by atoms with Crippen molar-refractivity contribution < 1.29 is 14.7 Å². The first-order chi connectivity index (χ1) is 4.57. The van der Waals surface area contributed by atoms with Gasteiger partial charge < -0.3 is 5.11 Å². The number of nitrogens with two attached hydrogens (primary N) is 1. The lowest BCUT2D eigenvalue weighted by molar-refractivity contribution is -0.147. The Bertz CT molecular complexity index is 153. The minimum absolute atomic E-state index is 0.672. The summed E-state index contributed by atoms with van der Waals surface area (Å²) in [6.07, 6.45) is 0.280. The topological polar surface area (TPSA) is 72.5 Å². The molecule has 0 bridgehead atoms. The van der Waals surface area contributed by atoms with E-state index in [1.54, 1.807) is 6.92 Å². The van der Waals surface area contributed by atoms with Crippen LogP contribution in [-0.2, 0) is 9.63 Å². The third kappa shape index (κ3) is 3.60. The summed E-state index contributed by atoms with van der Waals surface area (Å²) in [5, 5.41) is 8.35. The van der Waals surface area contributed by atoms with Gasteiger partial charge >= 0.3 is 5.97 Å². The summed E-state index contributed by atoms with van der Waals surface area (Å²) in [6, 6.07) is 0. The van der Waals surface area contributed by atoms with Crippen LogP contribution in [0.3, 0.4) is 0 Å². The molecule has 0 heterocycles. The molecule has 0 aromatic heterocycles. The smallest absolute Gasteiger partial charge is 0.339 e. The van der Waals surface area contributed by atoms with Gasteiger partial charge in [-0.15, -0.1) is 0 Å². The Labute approximate surface area is 66.7 Å². The highest BCUT2D eigenvalue weighted by Gasteiger charge is 2.12. The van der Waals surface area contributed by atoms with Crippen LogP contribution in [0.15, 0.2) is 10.6 Å². The number of hydrogen-bond acceptors (Lipinski definition) is 3. The van der Waals surface area contributed by atoms with Crippen molar-refractivity contribution in [3.05, 3.63) is 10.6 Å². The molecule has 0 radical (unpaired) electrons. The molecule has 58 valence electrons. The quantitative estimate of drug-likeness (QED) is 0.670. The number of carboxylic acid groups (broad SMARTS) is 1. The first kappa shape index (κ1) is 9.61. The minimum Gasteiger partial charge on any atom is -0.479 e. The first-order valence-electron chi connectivity index (χ1n) is 2.50. The minimum atomic E-state index is -1.11. The third-order valence-corrected chi connectivity index (χ3v) is 1.04. The molecule has 1 unspecified atom stereocenters. The van der Waals surface area contributed by atoms with Crippen LogP contribution in [0.2, 0.25) is 0 Å². The highest BCUT2D eigenvalue weighted by Crippen LogP contribution is 2.04. The lowest BCUT2D eigenvalue weighted by Crippen LogP contribution is -2.24. The SMILES string of the molecule is C/C(Br)=C\C(ON)C(=O)O. The van der Waals surface area contributed by atoms with Gasteiger partial charge in [0.15, 0.2) is 6.10 Å². The summed E-state index contributed by atoms with van der Waals surface area (Å²) in [6.45, 7) is 1.69. The number of halogens is 1. The van der Waals surface area contributed by atoms with Crippen molar-refractivity contribution in [3.8, 4) is 0 Å². The van der Waals surface area contributed by atoms with Crippen LogP contribution in [0, 0.1) is 0 Å². The molecule has 5 heteroatoms. The Kier molecular flexibility index (Phi) is 4.26. The summed E-state index contributed by atoms with van der Waals surface area (Å²) in [5.74, 6) is 3.57. The second-order valence-electron chi connectivity index (χ2n) is 1.65. The number of aliphatic carboxylic acids is 1. The number of allylic oxidation sites excluding steroid dienone is 1. The first-order valence-corrected chi connectivity index (χ1v) is 3.29. The van der Waals surface area contributed by atoms with Gasteiger partial charge in [0.25, 0.3) is 0 Å². The molecule has 0 amide bonds. The number of rotatable bonds is 3. The van der Waals surface area contributed by atoms with E-state index in [0.29, 0.717) is 4.48 Å². The monoisotopic (exact) mass is 209 g/mol. The van der Waals surface area contributed by atoms with Crippen molar-refractivity contribution in [1.29, 1.82) is 0 Å². The van der Waals surface area contributed by atoms with E-state index < -0.39 is 12.1 Å². The molecule has 0 rings (SSSR count). The van der Waals surface area contributed by atoms with Crippen LogP contribution < -0.4 is 5.90 Å². The van der Waals surface area contributed by atoms with Crippen molar-refractivity contribution in [2.75, 3.05) is 0 Å². The van der Waals surface area contributed by atoms with E-state index in [2.05, 4.69) is 26.7 Å². The highest BCUT2D eigenvalue weighted by molar-refractivity contribution is 9.11. The predicted octanol–water partition coefficient (Wildman–Crippen LogP) is 0.629. The maximum atomic E-state index is 10.2. The van der Waals surface area contributed by atoms with Crippen molar-refractivity contribution in [2.24, 2.45) is 5.90 Å². The second kappa shape index (κ2) is 4.43. The van der Waals surface area contributed by atoms with E-state index in [4.69, 9.17) is 5.11 Å². The predicted molar refractivity (Wildman–Crippen MR) is 39.4 cm³/mol. The summed E-state index contributed by atoms with van der Waals surface area (Å²) in [5.41, 5.74) is 0. The number of carboxylic acids is 1. The Morgan fingerprint density at radius 1 is 1.90 bits per heavy atom. The fourth-order valence-electron chi connectivity index (χ4n) is 0.377. The van der Waals surface area contributed by atoms with E-state index in [9.17, 15) is 4.79 Å². The molecule has 0 aromatic rings. The largest absolute Gasteiger partial charge is 0.479 e. The molecule has 1 atom stereocenters. The molecule has 0 aliphatic heterocycles.